The van der Waals surface area contributed by atoms with Crippen molar-refractivity contribution in [1.82, 2.24) is 0 Å². The van der Waals surface area contributed by atoms with E-state index < -0.39 is 17.6 Å². The van der Waals surface area contributed by atoms with Gasteiger partial charge < -0.3 is 26.6 Å². The van der Waals surface area contributed by atoms with E-state index in [1.807, 2.05) is 20.8 Å². The van der Waals surface area contributed by atoms with Gasteiger partial charge in [0.15, 0.2) is 0 Å². The molecule has 0 saturated heterocycles. The SMILES string of the molecule is CCO[Si](CCS)(OCC)OCC.CO[Si](CCS)(OC)OC. The van der Waals surface area contributed by atoms with Gasteiger partial charge in [-0.1, -0.05) is 0 Å². The van der Waals surface area contributed by atoms with Crippen LogP contribution in [0.1, 0.15) is 20.8 Å². The van der Waals surface area contributed by atoms with E-state index in [2.05, 4.69) is 25.3 Å². The van der Waals surface area contributed by atoms with Crippen LogP contribution in [0.25, 0.3) is 0 Å². The average Bonchev–Trinajstić information content (AvgIpc) is 2.54. The van der Waals surface area contributed by atoms with Crippen LogP contribution >= 0.6 is 25.3 Å². The highest BCUT2D eigenvalue weighted by Gasteiger charge is 2.39. The summed E-state index contributed by atoms with van der Waals surface area (Å²) >= 11 is 8.26. The second-order valence-corrected chi connectivity index (χ2v) is 10.9. The molecular weight excluding hydrogens is 372 g/mol. The van der Waals surface area contributed by atoms with Crippen LogP contribution < -0.4 is 0 Å². The van der Waals surface area contributed by atoms with Crippen LogP contribution in [-0.4, -0.2) is 70.3 Å². The Kier molecular flexibility index (Phi) is 18.6. The zero-order valence-corrected chi connectivity index (χ0v) is 19.1. The minimum Gasteiger partial charge on any atom is -0.377 e. The van der Waals surface area contributed by atoms with Crippen LogP contribution in [0.4, 0.5) is 0 Å². The first-order valence-corrected chi connectivity index (χ1v) is 12.9. The van der Waals surface area contributed by atoms with Gasteiger partial charge in [-0.05, 0) is 32.3 Å². The summed E-state index contributed by atoms with van der Waals surface area (Å²) in [6, 6.07) is 1.53. The Hall–Kier alpha value is 0.894. The van der Waals surface area contributed by atoms with Gasteiger partial charge in [-0.15, -0.1) is 0 Å². The highest BCUT2D eigenvalue weighted by molar-refractivity contribution is 7.80. The maximum Gasteiger partial charge on any atom is 0.501 e. The number of thiol groups is 2. The topological polar surface area (TPSA) is 55.4 Å². The fourth-order valence-corrected chi connectivity index (χ4v) is 7.14. The van der Waals surface area contributed by atoms with Crippen molar-refractivity contribution >= 4 is 42.9 Å². The van der Waals surface area contributed by atoms with E-state index in [4.69, 9.17) is 26.6 Å². The van der Waals surface area contributed by atoms with Crippen molar-refractivity contribution in [2.45, 2.75) is 32.9 Å². The number of rotatable bonds is 13. The summed E-state index contributed by atoms with van der Waals surface area (Å²) in [4.78, 5) is 0. The van der Waals surface area contributed by atoms with Crippen molar-refractivity contribution in [3.63, 3.8) is 0 Å². The summed E-state index contributed by atoms with van der Waals surface area (Å²) in [5.74, 6) is 1.47. The molecule has 0 spiro atoms. The van der Waals surface area contributed by atoms with E-state index in [1.54, 1.807) is 21.3 Å². The third-order valence-electron chi connectivity index (χ3n) is 2.86. The standard InChI is InChI=1S/C8H20O3SSi.C5H14O3SSi/c1-4-9-13(8-7-12,10-5-2)11-6-3;1-6-10(7-2,8-3)5-4-9/h12H,4-8H2,1-3H3;9H,4-5H2,1-3H3. The van der Waals surface area contributed by atoms with Crippen molar-refractivity contribution in [3.05, 3.63) is 0 Å². The van der Waals surface area contributed by atoms with Crippen LogP contribution in [-0.2, 0) is 26.6 Å². The Morgan fingerprint density at radius 2 is 0.913 bits per heavy atom. The van der Waals surface area contributed by atoms with Crippen molar-refractivity contribution in [1.29, 1.82) is 0 Å². The summed E-state index contributed by atoms with van der Waals surface area (Å²) < 4.78 is 32.2. The van der Waals surface area contributed by atoms with E-state index in [1.165, 1.54) is 0 Å². The Morgan fingerprint density at radius 3 is 1.09 bits per heavy atom. The fourth-order valence-electron chi connectivity index (χ4n) is 1.83. The summed E-state index contributed by atoms with van der Waals surface area (Å²) in [6.45, 7) is 7.79. The lowest BCUT2D eigenvalue weighted by molar-refractivity contribution is 0.0729. The molecule has 0 aliphatic heterocycles. The second-order valence-electron chi connectivity index (χ2n) is 4.22. The minimum absolute atomic E-state index is 0.639. The van der Waals surface area contributed by atoms with Crippen LogP contribution in [0.3, 0.4) is 0 Å². The molecule has 0 fully saturated rings. The second kappa shape index (κ2) is 16.4. The highest BCUT2D eigenvalue weighted by atomic mass is 32.1. The first kappa shape index (κ1) is 26.1. The molecule has 0 unspecified atom stereocenters. The Morgan fingerprint density at radius 1 is 0.609 bits per heavy atom. The average molecular weight is 407 g/mol. The summed E-state index contributed by atoms with van der Waals surface area (Å²) in [6.07, 6.45) is 0. The zero-order chi connectivity index (χ0) is 18.2. The monoisotopic (exact) mass is 406 g/mol. The number of hydrogen-bond acceptors (Lipinski definition) is 8. The summed E-state index contributed by atoms with van der Waals surface area (Å²) in [5.41, 5.74) is 0. The van der Waals surface area contributed by atoms with E-state index in [9.17, 15) is 0 Å². The van der Waals surface area contributed by atoms with Crippen LogP contribution in [0, 0.1) is 0 Å². The molecule has 0 radical (unpaired) electrons. The van der Waals surface area contributed by atoms with Gasteiger partial charge >= 0.3 is 17.6 Å². The van der Waals surface area contributed by atoms with Crippen molar-refractivity contribution in [2.24, 2.45) is 0 Å². The Bertz CT molecular complexity index is 223. The maximum absolute atomic E-state index is 5.60. The Labute approximate surface area is 155 Å². The van der Waals surface area contributed by atoms with E-state index >= 15 is 0 Å². The van der Waals surface area contributed by atoms with Crippen LogP contribution in [0.2, 0.25) is 12.1 Å². The van der Waals surface area contributed by atoms with E-state index in [0.29, 0.717) is 19.8 Å². The quantitative estimate of drug-likeness (QED) is 0.362. The van der Waals surface area contributed by atoms with E-state index in [0.717, 1.165) is 23.6 Å². The van der Waals surface area contributed by atoms with Crippen LogP contribution in [0.5, 0.6) is 0 Å². The third kappa shape index (κ3) is 11.2. The lowest BCUT2D eigenvalue weighted by atomic mass is 10.9. The molecule has 0 rings (SSSR count). The van der Waals surface area contributed by atoms with Crippen molar-refractivity contribution in [2.75, 3.05) is 52.7 Å². The normalized spacial score (nSPS) is 12.0. The molecule has 0 atom stereocenters. The van der Waals surface area contributed by atoms with Gasteiger partial charge in [-0.3, -0.25) is 0 Å². The first-order valence-electron chi connectivity index (χ1n) is 7.78. The van der Waals surface area contributed by atoms with Crippen LogP contribution in [0.15, 0.2) is 0 Å². The van der Waals surface area contributed by atoms with Crippen molar-refractivity contribution < 1.29 is 26.6 Å². The molecule has 0 aliphatic carbocycles. The lowest BCUT2D eigenvalue weighted by Crippen LogP contribution is -2.46. The molecule has 0 amide bonds. The lowest BCUT2D eigenvalue weighted by Gasteiger charge is -2.27. The molecule has 10 heteroatoms. The maximum atomic E-state index is 5.60. The molecule has 6 nitrogen and oxygen atoms in total. The fraction of sp³-hybridized carbons (Fsp3) is 1.00. The number of hydrogen-bond donors (Lipinski definition) is 2. The molecule has 0 aliphatic rings. The Balaban J connectivity index is 0. The molecule has 0 bridgehead atoms. The van der Waals surface area contributed by atoms with Gasteiger partial charge in [0.1, 0.15) is 0 Å². The zero-order valence-electron chi connectivity index (χ0n) is 15.3. The van der Waals surface area contributed by atoms with Gasteiger partial charge in [0.2, 0.25) is 0 Å². The molecule has 0 aromatic carbocycles. The molecular formula is C13H34O6S2Si2. The first-order chi connectivity index (χ1) is 11.0. The largest absolute Gasteiger partial charge is 0.501 e. The van der Waals surface area contributed by atoms with Gasteiger partial charge in [-0.2, -0.15) is 25.3 Å². The molecule has 23 heavy (non-hydrogen) atoms. The smallest absolute Gasteiger partial charge is 0.377 e. The third-order valence-corrected chi connectivity index (χ3v) is 9.93. The molecule has 0 aromatic rings. The van der Waals surface area contributed by atoms with Gasteiger partial charge in [-0.25, -0.2) is 0 Å². The van der Waals surface area contributed by atoms with Gasteiger partial charge in [0.05, 0.1) is 0 Å². The predicted molar refractivity (Wildman–Crippen MR) is 105 cm³/mol. The van der Waals surface area contributed by atoms with Gasteiger partial charge in [0, 0.05) is 53.2 Å². The van der Waals surface area contributed by atoms with Gasteiger partial charge in [0.25, 0.3) is 0 Å². The highest BCUT2D eigenvalue weighted by Crippen LogP contribution is 2.16. The molecule has 0 aromatic heterocycles. The minimum atomic E-state index is -2.37. The molecule has 0 heterocycles. The molecule has 142 valence electrons. The van der Waals surface area contributed by atoms with E-state index in [-0.39, 0.29) is 0 Å². The summed E-state index contributed by atoms with van der Waals surface area (Å²) in [5, 5.41) is 0. The van der Waals surface area contributed by atoms with Crippen molar-refractivity contribution in [3.8, 4) is 0 Å². The molecule has 0 saturated carbocycles. The molecule has 0 N–H and O–H groups in total. The summed E-state index contributed by atoms with van der Waals surface area (Å²) in [7, 11) is 0.134. The predicted octanol–water partition coefficient (Wildman–Crippen LogP) is 2.76.